The van der Waals surface area contributed by atoms with Crippen LogP contribution in [0.15, 0.2) is 0 Å². The fourth-order valence-corrected chi connectivity index (χ4v) is 3.98. The van der Waals surface area contributed by atoms with Gasteiger partial charge >= 0.3 is 11.9 Å². The van der Waals surface area contributed by atoms with Crippen molar-refractivity contribution in [3.8, 4) is 0 Å². The Balaban J connectivity index is 3.44. The average molecular weight is 471 g/mol. The SMILES string of the molecule is CCCCCCCCCCCCCCCCOC(=O)COCC(=O)OC(CCC)CCCC. The van der Waals surface area contributed by atoms with Crippen molar-refractivity contribution in [2.75, 3.05) is 19.8 Å². The van der Waals surface area contributed by atoms with Gasteiger partial charge in [0.15, 0.2) is 0 Å². The van der Waals surface area contributed by atoms with E-state index < -0.39 is 11.9 Å². The number of carbonyl (C=O) groups excluding carboxylic acids is 2. The first kappa shape index (κ1) is 31.9. The molecule has 0 aliphatic rings. The molecule has 0 amide bonds. The van der Waals surface area contributed by atoms with Gasteiger partial charge in [0, 0.05) is 0 Å². The fourth-order valence-electron chi connectivity index (χ4n) is 3.98. The van der Waals surface area contributed by atoms with E-state index in [1.807, 2.05) is 0 Å². The summed E-state index contributed by atoms with van der Waals surface area (Å²) < 4.78 is 15.8. The Morgan fingerprint density at radius 2 is 1.03 bits per heavy atom. The van der Waals surface area contributed by atoms with Gasteiger partial charge in [-0.25, -0.2) is 9.59 Å². The van der Waals surface area contributed by atoms with Gasteiger partial charge in [-0.05, 0) is 19.3 Å². The highest BCUT2D eigenvalue weighted by Gasteiger charge is 2.14. The van der Waals surface area contributed by atoms with Crippen molar-refractivity contribution in [3.63, 3.8) is 0 Å². The molecule has 1 atom stereocenters. The van der Waals surface area contributed by atoms with Crippen LogP contribution in [0, 0.1) is 0 Å². The van der Waals surface area contributed by atoms with Crippen LogP contribution < -0.4 is 0 Å². The molecule has 0 aliphatic heterocycles. The molecule has 0 rings (SSSR count). The molecule has 0 aliphatic carbocycles. The number of esters is 2. The lowest BCUT2D eigenvalue weighted by atomic mass is 10.0. The Kier molecular flexibility index (Phi) is 24.7. The number of hydrogen-bond donors (Lipinski definition) is 0. The second-order valence-corrected chi connectivity index (χ2v) is 9.35. The molecular formula is C28H54O5. The number of carbonyl (C=O) groups is 2. The molecule has 0 spiro atoms. The molecule has 0 aromatic carbocycles. The fraction of sp³-hybridized carbons (Fsp3) is 0.929. The van der Waals surface area contributed by atoms with Crippen LogP contribution in [0.1, 0.15) is 143 Å². The standard InChI is InChI=1S/C28H54O5/c1-4-7-9-10-11-12-13-14-15-16-17-18-19-20-23-32-27(29)24-31-25-28(30)33-26(21-6-3)22-8-5-2/h26H,4-25H2,1-3H3. The van der Waals surface area contributed by atoms with Crippen LogP contribution in [0.2, 0.25) is 0 Å². The number of unbranched alkanes of at least 4 members (excludes halogenated alkanes) is 14. The highest BCUT2D eigenvalue weighted by Crippen LogP contribution is 2.13. The summed E-state index contributed by atoms with van der Waals surface area (Å²) in [5, 5.41) is 0. The largest absolute Gasteiger partial charge is 0.464 e. The van der Waals surface area contributed by atoms with Crippen LogP contribution in [0.4, 0.5) is 0 Å². The summed E-state index contributed by atoms with van der Waals surface area (Å²) in [6, 6.07) is 0. The molecule has 0 aromatic heterocycles. The van der Waals surface area contributed by atoms with Crippen molar-refractivity contribution in [1.82, 2.24) is 0 Å². The van der Waals surface area contributed by atoms with E-state index in [0.717, 1.165) is 44.9 Å². The maximum atomic E-state index is 11.9. The molecule has 0 fully saturated rings. The maximum Gasteiger partial charge on any atom is 0.332 e. The van der Waals surface area contributed by atoms with Gasteiger partial charge in [-0.1, -0.05) is 124 Å². The molecule has 0 heterocycles. The molecule has 0 saturated heterocycles. The lowest BCUT2D eigenvalue weighted by molar-refractivity contribution is -0.159. The highest BCUT2D eigenvalue weighted by molar-refractivity contribution is 5.73. The van der Waals surface area contributed by atoms with Crippen molar-refractivity contribution >= 4 is 11.9 Å². The van der Waals surface area contributed by atoms with Crippen molar-refractivity contribution < 1.29 is 23.8 Å². The van der Waals surface area contributed by atoms with Gasteiger partial charge in [0.25, 0.3) is 0 Å². The molecule has 1 unspecified atom stereocenters. The molecule has 33 heavy (non-hydrogen) atoms. The molecule has 5 heteroatoms. The minimum absolute atomic E-state index is 0.0432. The zero-order chi connectivity index (χ0) is 24.4. The van der Waals surface area contributed by atoms with Crippen LogP contribution >= 0.6 is 0 Å². The Labute approximate surface area is 204 Å². The van der Waals surface area contributed by atoms with Crippen molar-refractivity contribution in [3.05, 3.63) is 0 Å². The summed E-state index contributed by atoms with van der Waals surface area (Å²) in [6.07, 6.45) is 23.1. The zero-order valence-corrected chi connectivity index (χ0v) is 22.2. The Morgan fingerprint density at radius 3 is 1.55 bits per heavy atom. The van der Waals surface area contributed by atoms with Gasteiger partial charge in [-0.3, -0.25) is 0 Å². The summed E-state index contributed by atoms with van der Waals surface area (Å²) in [7, 11) is 0. The summed E-state index contributed by atoms with van der Waals surface area (Å²) in [4.78, 5) is 23.6. The van der Waals surface area contributed by atoms with Gasteiger partial charge in [0.05, 0.1) is 6.61 Å². The van der Waals surface area contributed by atoms with Crippen molar-refractivity contribution in [2.24, 2.45) is 0 Å². The Morgan fingerprint density at radius 1 is 0.545 bits per heavy atom. The van der Waals surface area contributed by atoms with E-state index in [-0.39, 0.29) is 19.3 Å². The minimum Gasteiger partial charge on any atom is -0.464 e. The van der Waals surface area contributed by atoms with Gasteiger partial charge in [-0.2, -0.15) is 0 Å². The van der Waals surface area contributed by atoms with E-state index in [1.165, 1.54) is 77.0 Å². The van der Waals surface area contributed by atoms with E-state index in [0.29, 0.717) is 6.61 Å². The molecule has 5 nitrogen and oxygen atoms in total. The van der Waals surface area contributed by atoms with Crippen molar-refractivity contribution in [1.29, 1.82) is 0 Å². The number of ether oxygens (including phenoxy) is 3. The average Bonchev–Trinajstić information content (AvgIpc) is 2.80. The van der Waals surface area contributed by atoms with E-state index in [2.05, 4.69) is 20.8 Å². The minimum atomic E-state index is -0.409. The van der Waals surface area contributed by atoms with Gasteiger partial charge < -0.3 is 14.2 Å². The Bertz CT molecular complexity index is 438. The normalized spacial score (nSPS) is 12.0. The molecule has 0 saturated carbocycles. The van der Waals surface area contributed by atoms with E-state index in [1.54, 1.807) is 0 Å². The first-order chi connectivity index (χ1) is 16.1. The quantitative estimate of drug-likeness (QED) is 0.100. The predicted molar refractivity (Wildman–Crippen MR) is 136 cm³/mol. The lowest BCUT2D eigenvalue weighted by Crippen LogP contribution is -2.23. The predicted octanol–water partition coefficient (Wildman–Crippen LogP) is 7.93. The third-order valence-corrected chi connectivity index (χ3v) is 5.99. The molecule has 0 radical (unpaired) electrons. The van der Waals surface area contributed by atoms with Gasteiger partial charge in [0.1, 0.15) is 19.3 Å². The summed E-state index contributed by atoms with van der Waals surface area (Å²) >= 11 is 0. The topological polar surface area (TPSA) is 61.8 Å². The number of hydrogen-bond acceptors (Lipinski definition) is 5. The monoisotopic (exact) mass is 470 g/mol. The summed E-state index contributed by atoms with van der Waals surface area (Å²) in [5.74, 6) is -0.807. The lowest BCUT2D eigenvalue weighted by Gasteiger charge is -2.16. The Hall–Kier alpha value is -1.10. The first-order valence-corrected chi connectivity index (χ1v) is 14.1. The third-order valence-electron chi connectivity index (χ3n) is 5.99. The summed E-state index contributed by atoms with van der Waals surface area (Å²) in [5.41, 5.74) is 0. The first-order valence-electron chi connectivity index (χ1n) is 14.1. The second kappa shape index (κ2) is 25.5. The van der Waals surface area contributed by atoms with Crippen LogP contribution in [0.3, 0.4) is 0 Å². The second-order valence-electron chi connectivity index (χ2n) is 9.35. The van der Waals surface area contributed by atoms with Crippen molar-refractivity contribution in [2.45, 2.75) is 149 Å². The van der Waals surface area contributed by atoms with Gasteiger partial charge in [0.2, 0.25) is 0 Å². The summed E-state index contributed by atoms with van der Waals surface area (Å²) in [6.45, 7) is 6.51. The van der Waals surface area contributed by atoms with Crippen LogP contribution in [-0.4, -0.2) is 37.9 Å². The molecule has 196 valence electrons. The third kappa shape index (κ3) is 23.8. The molecule has 0 aromatic rings. The maximum absolute atomic E-state index is 11.9. The smallest absolute Gasteiger partial charge is 0.332 e. The molecule has 0 N–H and O–H groups in total. The van der Waals surface area contributed by atoms with Crippen LogP contribution in [-0.2, 0) is 23.8 Å². The number of rotatable bonds is 25. The highest BCUT2D eigenvalue weighted by atomic mass is 16.6. The van der Waals surface area contributed by atoms with E-state index in [4.69, 9.17) is 14.2 Å². The molecular weight excluding hydrogens is 416 g/mol. The van der Waals surface area contributed by atoms with Crippen LogP contribution in [0.25, 0.3) is 0 Å². The van der Waals surface area contributed by atoms with Gasteiger partial charge in [-0.15, -0.1) is 0 Å². The van der Waals surface area contributed by atoms with E-state index in [9.17, 15) is 9.59 Å². The van der Waals surface area contributed by atoms with Crippen LogP contribution in [0.5, 0.6) is 0 Å². The zero-order valence-electron chi connectivity index (χ0n) is 22.2. The molecule has 0 bridgehead atoms. The van der Waals surface area contributed by atoms with E-state index >= 15 is 0 Å².